The third-order valence-corrected chi connectivity index (χ3v) is 16.4. The molecule has 1 aliphatic carbocycles. The molecule has 8 aromatic carbocycles. The summed E-state index contributed by atoms with van der Waals surface area (Å²) in [5, 5.41) is 25.2. The molecule has 0 spiro atoms. The fraction of sp³-hybridized carbons (Fsp3) is 0.242. The van der Waals surface area contributed by atoms with E-state index in [0.29, 0.717) is 11.5 Å². The van der Waals surface area contributed by atoms with Crippen LogP contribution in [0.5, 0.6) is 11.5 Å². The Morgan fingerprint density at radius 1 is 0.389 bits per heavy atom. The van der Waals surface area contributed by atoms with Crippen molar-refractivity contribution >= 4 is 12.4 Å². The predicted molar refractivity (Wildman–Crippen MR) is 287 cm³/mol. The minimum atomic E-state index is -0.683. The van der Waals surface area contributed by atoms with Gasteiger partial charge < -0.3 is 12.4 Å². The molecule has 0 bridgehead atoms. The number of fused-ring (bicyclic) bond motifs is 1. The summed E-state index contributed by atoms with van der Waals surface area (Å²) >= 11 is 1.02. The molecule has 0 amide bonds. The maximum absolute atomic E-state index is 12.6. The second-order valence-corrected chi connectivity index (χ2v) is 22.8. The smallest absolute Gasteiger partial charge is 1.00 e. The molecule has 6 heteroatoms. The van der Waals surface area contributed by atoms with Crippen LogP contribution in [0.25, 0.3) is 0 Å². The van der Waals surface area contributed by atoms with Gasteiger partial charge in [0.2, 0.25) is 0 Å². The second-order valence-electron chi connectivity index (χ2n) is 21.5. The van der Waals surface area contributed by atoms with Gasteiger partial charge in [0.1, 0.15) is 0 Å². The van der Waals surface area contributed by atoms with Gasteiger partial charge in [0.15, 0.2) is 0 Å². The first-order valence-electron chi connectivity index (χ1n) is 25.3. The Kier molecular flexibility index (Phi) is 14.4. The van der Waals surface area contributed by atoms with Crippen LogP contribution < -0.4 is 12.4 Å². The molecule has 1 aliphatic heterocycles. The molecule has 2 fully saturated rings. The van der Waals surface area contributed by atoms with Gasteiger partial charge in [0.05, 0.1) is 0 Å². The summed E-state index contributed by atoms with van der Waals surface area (Å²) in [6, 6.07) is 74.4. The predicted octanol–water partition coefficient (Wildman–Crippen LogP) is 11.3. The zero-order valence-corrected chi connectivity index (χ0v) is 44.1. The topological polar surface area (TPSA) is 46.5 Å². The van der Waals surface area contributed by atoms with Gasteiger partial charge in [-0.15, -0.1) is 0 Å². The molecule has 2 N–H and O–H groups in total. The number of phenolic OH excluding ortho intramolecular Hbond substituents is 2. The van der Waals surface area contributed by atoms with Crippen molar-refractivity contribution in [2.75, 3.05) is 0 Å². The maximum Gasteiger partial charge on any atom is -1.00 e. The van der Waals surface area contributed by atoms with Crippen LogP contribution in [0.4, 0.5) is 0 Å². The van der Waals surface area contributed by atoms with Crippen LogP contribution in [0.3, 0.4) is 0 Å². The van der Waals surface area contributed by atoms with Crippen LogP contribution in [0.15, 0.2) is 206 Å². The third-order valence-electron chi connectivity index (χ3n) is 15.0. The number of hydrogen-bond acceptors (Lipinski definition) is 2. The Morgan fingerprint density at radius 3 is 0.875 bits per heavy atom. The van der Waals surface area contributed by atoms with Crippen molar-refractivity contribution in [3.05, 3.63) is 273 Å². The fourth-order valence-corrected chi connectivity index (χ4v) is 13.2. The Hall–Kier alpha value is -6.50. The number of halogens is 1. The summed E-state index contributed by atoms with van der Waals surface area (Å²) in [5.74, 6) is 0.626. The van der Waals surface area contributed by atoms with E-state index in [1.165, 1.54) is 0 Å². The molecule has 0 unspecified atom stereocenters. The Morgan fingerprint density at radius 2 is 0.639 bits per heavy atom. The quantitative estimate of drug-likeness (QED) is 0.134. The first-order chi connectivity index (χ1) is 34.3. The van der Waals surface area contributed by atoms with Crippen molar-refractivity contribution in [3.8, 4) is 11.5 Å². The Balaban J connectivity index is 0.00000640. The molecule has 8 aromatic rings. The van der Waals surface area contributed by atoms with Crippen LogP contribution >= 0.6 is 0 Å². The standard InChI is InChI=1S/C66H66N2O2.ClH.Co/c1-63(2,3)57-43-55(65(49-27-13-7-14-28-49,50-29-15-8-16-30-50)51-31-17-9-18-32-51)41-47(61(57)69)45-67-59-39-25-26-40-60(59)68-46-48-42-56(44-58(62(48)70)64(4,5)6)66(52-33-19-10-20-34-52,53-35-21-11-22-36-53)54-37-23-12-24-38-54;;/h7-24,27-38,41-46,59-60,69-70H,25-26,39-40H2,1-6H3;1H;/q;;+2/p-1/t59-,60-;;/m1../s1. The molecule has 2 aliphatic rings. The van der Waals surface area contributed by atoms with Gasteiger partial charge in [0.25, 0.3) is 0 Å². The molecule has 1 saturated heterocycles. The van der Waals surface area contributed by atoms with E-state index in [9.17, 15) is 10.2 Å². The van der Waals surface area contributed by atoms with Crippen molar-refractivity contribution in [1.29, 1.82) is 0 Å². The Labute approximate surface area is 440 Å². The van der Waals surface area contributed by atoms with E-state index >= 15 is 0 Å². The van der Waals surface area contributed by atoms with E-state index < -0.39 is 10.8 Å². The molecular formula is C66H66ClCoN2O2+. The molecule has 1 saturated carbocycles. The van der Waals surface area contributed by atoms with Crippen LogP contribution in [0.1, 0.15) is 134 Å². The first kappa shape index (κ1) is 50.4. The number of phenols is 2. The van der Waals surface area contributed by atoms with E-state index in [4.69, 9.17) is 0 Å². The molecular weight excluding hydrogens is 947 g/mol. The van der Waals surface area contributed by atoms with Gasteiger partial charge >= 0.3 is 431 Å². The minimum absolute atomic E-state index is 0. The van der Waals surface area contributed by atoms with Crippen molar-refractivity contribution in [2.45, 2.75) is 101 Å². The van der Waals surface area contributed by atoms with Gasteiger partial charge in [-0.25, -0.2) is 0 Å². The molecule has 0 radical (unpaired) electrons. The summed E-state index contributed by atoms with van der Waals surface area (Å²) in [5.41, 5.74) is 10.5. The average Bonchev–Trinajstić information content (AvgIpc) is 3.73. The van der Waals surface area contributed by atoms with E-state index in [-0.39, 0.29) is 35.3 Å². The number of rotatable bonds is 10. The average molecular weight is 1010 g/mol. The zero-order valence-electron chi connectivity index (χ0n) is 42.3. The van der Waals surface area contributed by atoms with E-state index in [0.717, 1.165) is 108 Å². The van der Waals surface area contributed by atoms with Crippen LogP contribution in [0.2, 0.25) is 0 Å². The molecule has 10 rings (SSSR count). The van der Waals surface area contributed by atoms with E-state index in [1.54, 1.807) is 0 Å². The molecule has 4 nitrogen and oxygen atoms in total. The minimum Gasteiger partial charge on any atom is -1.00 e. The normalized spacial score (nSPS) is 17.5. The molecule has 367 valence electrons. The summed E-state index contributed by atoms with van der Waals surface area (Å²) < 4.78 is 4.90. The van der Waals surface area contributed by atoms with Gasteiger partial charge in [0, 0.05) is 0 Å². The second kappa shape index (κ2) is 20.5. The summed E-state index contributed by atoms with van der Waals surface area (Å²) in [4.78, 5) is 0. The molecule has 72 heavy (non-hydrogen) atoms. The van der Waals surface area contributed by atoms with Crippen LogP contribution in [0, 0.1) is 0 Å². The van der Waals surface area contributed by atoms with Gasteiger partial charge in [-0.2, -0.15) is 0 Å². The molecule has 0 aromatic heterocycles. The van der Waals surface area contributed by atoms with Crippen LogP contribution in [-0.2, 0) is 36.8 Å². The maximum atomic E-state index is 12.6. The largest absolute Gasteiger partial charge is 1.00 e. The van der Waals surface area contributed by atoms with Gasteiger partial charge in [-0.3, -0.25) is 0 Å². The van der Waals surface area contributed by atoms with Crippen LogP contribution in [-0.4, -0.2) is 42.0 Å². The number of nitrogens with zero attached hydrogens (tertiary/aromatic N) is 2. The SMILES string of the molecule is CC(C)(C)c1cc(C(c2ccccc2)(c2ccccc2)c2ccccc2)cc(C=[N+]2[Co][N+](=Cc3cc(C(c4ccccc4)(c4ccccc4)c4ccccc4)cc(C(C)(C)C)c3O)[C@@H]3CCCC[C@H]32)c1O.[Cl-]. The van der Waals surface area contributed by atoms with Crippen molar-refractivity contribution in [1.82, 2.24) is 0 Å². The first-order valence-corrected chi connectivity index (χ1v) is 26.2. The van der Waals surface area contributed by atoms with E-state index in [2.05, 4.69) is 267 Å². The van der Waals surface area contributed by atoms with Crippen molar-refractivity contribution in [3.63, 3.8) is 0 Å². The van der Waals surface area contributed by atoms with Crippen molar-refractivity contribution < 1.29 is 45.0 Å². The Bertz CT molecular complexity index is 2790. The summed E-state index contributed by atoms with van der Waals surface area (Å²) in [6.07, 6.45) is 8.80. The number of benzene rings is 8. The number of hydrogen-bond donors (Lipinski definition) is 2. The summed E-state index contributed by atoms with van der Waals surface area (Å²) in [6.45, 7) is 13.2. The fourth-order valence-electron chi connectivity index (χ4n) is 11.5. The zero-order chi connectivity index (χ0) is 49.4. The van der Waals surface area contributed by atoms with Gasteiger partial charge in [-0.05, 0) is 0 Å². The van der Waals surface area contributed by atoms with Gasteiger partial charge in [-0.1, -0.05) is 0 Å². The third kappa shape index (κ3) is 9.17. The van der Waals surface area contributed by atoms with E-state index in [1.807, 2.05) is 0 Å². The van der Waals surface area contributed by atoms with Crippen molar-refractivity contribution in [2.24, 2.45) is 0 Å². The number of aromatic hydroxyl groups is 2. The molecule has 2 atom stereocenters. The molecule has 1 heterocycles. The monoisotopic (exact) mass is 1010 g/mol. The summed E-state index contributed by atoms with van der Waals surface area (Å²) in [7, 11) is 0.